The maximum absolute atomic E-state index is 12.5. The van der Waals surface area contributed by atoms with E-state index in [9.17, 15) is 26.4 Å². The predicted molar refractivity (Wildman–Crippen MR) is 144 cm³/mol. The highest BCUT2D eigenvalue weighted by Gasteiger charge is 2.31. The zero-order valence-corrected chi connectivity index (χ0v) is 22.9. The van der Waals surface area contributed by atoms with Gasteiger partial charge in [0.15, 0.2) is 0 Å². The van der Waals surface area contributed by atoms with Crippen LogP contribution in [0.3, 0.4) is 0 Å². The normalized spacial score (nSPS) is 12.6. The molecule has 0 radical (unpaired) electrons. The lowest BCUT2D eigenvalue weighted by Crippen LogP contribution is -2.29. The number of carbonyl (C=O) groups is 1. The number of aryl methyl sites for hydroxylation is 1. The van der Waals surface area contributed by atoms with Crippen LogP contribution in [0.1, 0.15) is 15.9 Å². The molecule has 0 unspecified atom stereocenters. The van der Waals surface area contributed by atoms with Gasteiger partial charge in [-0.05, 0) is 54.1 Å². The van der Waals surface area contributed by atoms with E-state index in [2.05, 4.69) is 15.0 Å². The van der Waals surface area contributed by atoms with Gasteiger partial charge in [-0.3, -0.25) is 9.35 Å². The van der Waals surface area contributed by atoms with Crippen LogP contribution in [0.25, 0.3) is 11.0 Å². The molecule has 9 nitrogen and oxygen atoms in total. The Morgan fingerprint density at radius 2 is 1.62 bits per heavy atom. The Balaban J connectivity index is 1.68. The Kier molecular flexibility index (Phi) is 8.49. The number of rotatable bonds is 8. The summed E-state index contributed by atoms with van der Waals surface area (Å²) in [6.07, 6.45) is -4.81. The highest BCUT2D eigenvalue weighted by atomic mass is 35.5. The van der Waals surface area contributed by atoms with Crippen molar-refractivity contribution in [2.75, 3.05) is 12.3 Å². The summed E-state index contributed by atoms with van der Waals surface area (Å²) in [5, 5.41) is 3.05. The van der Waals surface area contributed by atoms with Gasteiger partial charge >= 0.3 is 6.36 Å². The quantitative estimate of drug-likeness (QED) is 0.268. The predicted octanol–water partition coefficient (Wildman–Crippen LogP) is 5.08. The van der Waals surface area contributed by atoms with Crippen LogP contribution >= 0.6 is 23.2 Å². The molecule has 0 atom stereocenters. The van der Waals surface area contributed by atoms with Gasteiger partial charge < -0.3 is 19.2 Å². The monoisotopic (exact) mass is 616 g/mol. The molecule has 0 bridgehead atoms. The molecule has 4 rings (SSSR count). The van der Waals surface area contributed by atoms with Crippen molar-refractivity contribution in [1.29, 1.82) is 0 Å². The molecule has 0 fully saturated rings. The summed E-state index contributed by atoms with van der Waals surface area (Å²) in [7, 11) is -2.45. The highest BCUT2D eigenvalue weighted by Crippen LogP contribution is 2.28. The number of nitrogens with one attached hydrogen (secondary N) is 1. The lowest BCUT2D eigenvalue weighted by Gasteiger charge is -2.09. The smallest absolute Gasteiger partial charge is 0.406 e. The summed E-state index contributed by atoms with van der Waals surface area (Å²) in [4.78, 5) is 16.9. The summed E-state index contributed by atoms with van der Waals surface area (Å²) >= 11 is 12.5. The van der Waals surface area contributed by atoms with Crippen molar-refractivity contribution < 1.29 is 35.7 Å². The Bertz CT molecular complexity index is 1730. The fraction of sp³-hybridized carbons (Fsp3) is 0.200. The second-order valence-electron chi connectivity index (χ2n) is 8.59. The summed E-state index contributed by atoms with van der Waals surface area (Å²) in [5.74, 6) is -1.49. The number of ether oxygens (including phenoxy) is 1. The number of nitrogens with zero attached hydrogens (tertiary/aromatic N) is 3. The van der Waals surface area contributed by atoms with Gasteiger partial charge in [-0.1, -0.05) is 35.3 Å². The van der Waals surface area contributed by atoms with E-state index in [1.165, 1.54) is 12.1 Å². The third kappa shape index (κ3) is 7.36. The van der Waals surface area contributed by atoms with E-state index < -0.39 is 28.1 Å². The lowest BCUT2D eigenvalue weighted by molar-refractivity contribution is -0.274. The minimum atomic E-state index is -4.81. The van der Waals surface area contributed by atoms with E-state index in [1.807, 2.05) is 4.57 Å². The van der Waals surface area contributed by atoms with Crippen LogP contribution < -0.4 is 15.7 Å². The van der Waals surface area contributed by atoms with Crippen LogP contribution in [0.2, 0.25) is 10.0 Å². The summed E-state index contributed by atoms with van der Waals surface area (Å²) in [5.41, 5.74) is 3.22. The summed E-state index contributed by atoms with van der Waals surface area (Å²) in [6, 6.07) is 15.0. The molecule has 15 heteroatoms. The number of halogens is 5. The molecule has 1 heterocycles. The number of carbonyl (C=O) groups excluding carboxylic acids is 1. The summed E-state index contributed by atoms with van der Waals surface area (Å²) in [6.45, 7) is 0.0246. The molecule has 0 aliphatic heterocycles. The van der Waals surface area contributed by atoms with Crippen molar-refractivity contribution in [3.63, 3.8) is 0 Å². The Morgan fingerprint density at radius 3 is 2.20 bits per heavy atom. The molecule has 40 heavy (non-hydrogen) atoms. The van der Waals surface area contributed by atoms with E-state index in [1.54, 1.807) is 48.0 Å². The number of benzene rings is 3. The maximum atomic E-state index is 12.5. The van der Waals surface area contributed by atoms with Crippen LogP contribution in [0, 0.1) is 0 Å². The average Bonchev–Trinajstić information content (AvgIpc) is 3.09. The van der Waals surface area contributed by atoms with Crippen LogP contribution in [0.5, 0.6) is 5.75 Å². The third-order valence-electron chi connectivity index (χ3n) is 5.71. The molecule has 3 aromatic carbocycles. The number of hydrogen-bond donors (Lipinski definition) is 2. The molecular weight excluding hydrogens is 596 g/mol. The van der Waals surface area contributed by atoms with Crippen LogP contribution in [0.4, 0.5) is 18.9 Å². The van der Waals surface area contributed by atoms with E-state index in [4.69, 9.17) is 27.8 Å². The number of alkyl halides is 3. The van der Waals surface area contributed by atoms with Gasteiger partial charge in [0.2, 0.25) is 5.62 Å². The van der Waals surface area contributed by atoms with Crippen molar-refractivity contribution in [2.24, 2.45) is 12.0 Å². The van der Waals surface area contributed by atoms with Gasteiger partial charge in [-0.15, -0.1) is 13.2 Å². The topological polar surface area (TPSA) is 115 Å². The van der Waals surface area contributed by atoms with E-state index >= 15 is 0 Å². The second kappa shape index (κ2) is 11.5. The molecule has 4 aromatic rings. The van der Waals surface area contributed by atoms with E-state index in [-0.39, 0.29) is 24.4 Å². The standard InChI is InChI=1S/C25H21Cl2F3N4O5S/c1-33-21-12-19(26)20(27)13-22(21)34(24(33)32-17-6-8-18(9-7-17)39-25(28,29)30)14-15-2-4-16(5-3-15)23(35)31-10-11-40(36,37)38/h2-9,12-13H,10-11,14H2,1H3,(H,31,35)(H,36,37,38). The van der Waals surface area contributed by atoms with Crippen molar-refractivity contribution >= 4 is 55.9 Å². The molecule has 1 amide bonds. The first-order chi connectivity index (χ1) is 18.7. The van der Waals surface area contributed by atoms with E-state index in [0.29, 0.717) is 32.4 Å². The van der Waals surface area contributed by atoms with Crippen LogP contribution in [-0.2, 0) is 23.7 Å². The number of imidazole rings is 1. The SMILES string of the molecule is Cn1c(=Nc2ccc(OC(F)(F)F)cc2)n(Cc2ccc(C(=O)NCCS(=O)(=O)O)cc2)c2cc(Cl)c(Cl)cc21. The largest absolute Gasteiger partial charge is 0.573 e. The van der Waals surface area contributed by atoms with Gasteiger partial charge in [0, 0.05) is 19.2 Å². The number of aromatic nitrogens is 2. The van der Waals surface area contributed by atoms with Gasteiger partial charge in [-0.2, -0.15) is 8.42 Å². The van der Waals surface area contributed by atoms with Gasteiger partial charge in [0.05, 0.1) is 39.1 Å². The fourth-order valence-electron chi connectivity index (χ4n) is 3.88. The van der Waals surface area contributed by atoms with E-state index in [0.717, 1.165) is 17.7 Å². The lowest BCUT2D eigenvalue weighted by atomic mass is 10.1. The first-order valence-electron chi connectivity index (χ1n) is 11.5. The molecule has 0 aliphatic carbocycles. The molecule has 0 aliphatic rings. The van der Waals surface area contributed by atoms with Crippen LogP contribution in [0.15, 0.2) is 65.7 Å². The number of amides is 1. The van der Waals surface area contributed by atoms with Gasteiger partial charge in [-0.25, -0.2) is 4.99 Å². The van der Waals surface area contributed by atoms with Crippen molar-refractivity contribution in [1.82, 2.24) is 14.5 Å². The average molecular weight is 617 g/mol. The van der Waals surface area contributed by atoms with Gasteiger partial charge in [0.25, 0.3) is 16.0 Å². The van der Waals surface area contributed by atoms with Crippen molar-refractivity contribution in [3.05, 3.63) is 87.5 Å². The molecule has 0 saturated heterocycles. The zero-order chi connectivity index (χ0) is 29.2. The molecule has 212 valence electrons. The summed E-state index contributed by atoms with van der Waals surface area (Å²) < 4.78 is 75.6. The first-order valence-corrected chi connectivity index (χ1v) is 13.8. The fourth-order valence-corrected chi connectivity index (χ4v) is 4.55. The minimum Gasteiger partial charge on any atom is -0.406 e. The van der Waals surface area contributed by atoms with Crippen molar-refractivity contribution in [3.8, 4) is 5.75 Å². The van der Waals surface area contributed by atoms with Crippen molar-refractivity contribution in [2.45, 2.75) is 12.9 Å². The second-order valence-corrected chi connectivity index (χ2v) is 11.0. The van der Waals surface area contributed by atoms with Crippen LogP contribution in [-0.4, -0.2) is 46.7 Å². The highest BCUT2D eigenvalue weighted by molar-refractivity contribution is 7.85. The maximum Gasteiger partial charge on any atom is 0.573 e. The minimum absolute atomic E-state index is 0.247. The Morgan fingerprint density at radius 1 is 1.02 bits per heavy atom. The molecule has 0 saturated carbocycles. The molecule has 0 spiro atoms. The molecule has 2 N–H and O–H groups in total. The molecule has 1 aromatic heterocycles. The zero-order valence-electron chi connectivity index (χ0n) is 20.6. The number of hydrogen-bond acceptors (Lipinski definition) is 5. The third-order valence-corrected chi connectivity index (χ3v) is 7.16. The first kappa shape index (κ1) is 29.5. The van der Waals surface area contributed by atoms with Gasteiger partial charge in [0.1, 0.15) is 5.75 Å². The molecular formula is C25H21Cl2F3N4O5S. The Labute approximate surface area is 236 Å². The number of fused-ring (bicyclic) bond motifs is 1. The Hall–Kier alpha value is -3.52.